The Kier molecular flexibility index (Phi) is 4.53. The molecule has 0 saturated carbocycles. The van der Waals surface area contributed by atoms with Gasteiger partial charge in [0.1, 0.15) is 0 Å². The number of aliphatic imine (C=N–C) groups is 1. The SMILES string of the molecule is CSc1cccc(-c2ccc(C3(c4ccccc4)N=C(N)N(C)C3=O)s2)c1. The second-order valence-electron chi connectivity index (χ2n) is 6.31. The molecule has 1 aliphatic rings. The van der Waals surface area contributed by atoms with Gasteiger partial charge in [-0.3, -0.25) is 9.69 Å². The van der Waals surface area contributed by atoms with E-state index in [2.05, 4.69) is 41.6 Å². The Morgan fingerprint density at radius 3 is 2.52 bits per heavy atom. The normalized spacial score (nSPS) is 19.4. The zero-order chi connectivity index (χ0) is 19.0. The van der Waals surface area contributed by atoms with E-state index in [4.69, 9.17) is 5.73 Å². The van der Waals surface area contributed by atoms with E-state index in [1.807, 2.05) is 36.4 Å². The second kappa shape index (κ2) is 6.87. The molecule has 2 heterocycles. The minimum absolute atomic E-state index is 0.127. The van der Waals surface area contributed by atoms with Crippen LogP contribution in [0.4, 0.5) is 0 Å². The average molecular weight is 394 g/mol. The van der Waals surface area contributed by atoms with E-state index in [-0.39, 0.29) is 11.9 Å². The molecule has 1 unspecified atom stereocenters. The fraction of sp³-hybridized carbons (Fsp3) is 0.143. The van der Waals surface area contributed by atoms with E-state index in [1.54, 1.807) is 30.1 Å². The quantitative estimate of drug-likeness (QED) is 0.677. The van der Waals surface area contributed by atoms with E-state index in [1.165, 1.54) is 9.80 Å². The van der Waals surface area contributed by atoms with Crippen molar-refractivity contribution in [2.45, 2.75) is 10.4 Å². The maximum Gasteiger partial charge on any atom is 0.267 e. The van der Waals surface area contributed by atoms with Crippen molar-refractivity contribution in [2.24, 2.45) is 10.7 Å². The summed E-state index contributed by atoms with van der Waals surface area (Å²) in [4.78, 5) is 22.5. The summed E-state index contributed by atoms with van der Waals surface area (Å²) in [7, 11) is 1.67. The number of carbonyl (C=O) groups is 1. The highest BCUT2D eigenvalue weighted by molar-refractivity contribution is 7.98. The van der Waals surface area contributed by atoms with E-state index < -0.39 is 5.54 Å². The Bertz CT molecular complexity index is 1030. The van der Waals surface area contributed by atoms with E-state index in [0.29, 0.717) is 0 Å². The van der Waals surface area contributed by atoms with Gasteiger partial charge in [-0.15, -0.1) is 23.1 Å². The molecule has 0 saturated heterocycles. The molecule has 0 spiro atoms. The molecular formula is C21H19N3OS2. The molecule has 0 bridgehead atoms. The molecule has 136 valence electrons. The van der Waals surface area contributed by atoms with Crippen LogP contribution in [0.1, 0.15) is 10.4 Å². The van der Waals surface area contributed by atoms with E-state index in [9.17, 15) is 4.79 Å². The smallest absolute Gasteiger partial charge is 0.267 e. The van der Waals surface area contributed by atoms with Crippen LogP contribution in [0.25, 0.3) is 10.4 Å². The van der Waals surface area contributed by atoms with Gasteiger partial charge in [-0.2, -0.15) is 0 Å². The molecule has 0 aliphatic carbocycles. The highest BCUT2D eigenvalue weighted by Gasteiger charge is 2.50. The summed E-state index contributed by atoms with van der Waals surface area (Å²) in [6.07, 6.45) is 2.06. The van der Waals surface area contributed by atoms with Gasteiger partial charge in [-0.05, 0) is 41.6 Å². The maximum absolute atomic E-state index is 13.2. The fourth-order valence-electron chi connectivity index (χ4n) is 3.28. The molecule has 2 aromatic carbocycles. The number of hydrogen-bond donors (Lipinski definition) is 1. The van der Waals surface area contributed by atoms with Crippen LogP contribution in [0, 0.1) is 0 Å². The van der Waals surface area contributed by atoms with Crippen LogP contribution in [0.5, 0.6) is 0 Å². The molecule has 6 heteroatoms. The first-order valence-electron chi connectivity index (χ1n) is 8.50. The van der Waals surface area contributed by atoms with Crippen molar-refractivity contribution in [3.63, 3.8) is 0 Å². The zero-order valence-electron chi connectivity index (χ0n) is 15.0. The number of hydrogen-bond acceptors (Lipinski definition) is 5. The van der Waals surface area contributed by atoms with Gasteiger partial charge in [0.2, 0.25) is 5.54 Å². The molecular weight excluding hydrogens is 374 g/mol. The average Bonchev–Trinajstić information content (AvgIpc) is 3.29. The Labute approximate surface area is 166 Å². The van der Waals surface area contributed by atoms with Gasteiger partial charge in [0.15, 0.2) is 5.96 Å². The van der Waals surface area contributed by atoms with Crippen LogP contribution in [0.2, 0.25) is 0 Å². The highest BCUT2D eigenvalue weighted by atomic mass is 32.2. The Hall–Kier alpha value is -2.57. The van der Waals surface area contributed by atoms with Crippen molar-refractivity contribution in [1.82, 2.24) is 4.90 Å². The first kappa shape index (κ1) is 17.8. The number of thiophene rings is 1. The second-order valence-corrected chi connectivity index (χ2v) is 8.27. The molecule has 0 radical (unpaired) electrons. The summed E-state index contributed by atoms with van der Waals surface area (Å²) >= 11 is 3.30. The van der Waals surface area contributed by atoms with Gasteiger partial charge in [0, 0.05) is 21.7 Å². The van der Waals surface area contributed by atoms with Crippen molar-refractivity contribution in [2.75, 3.05) is 13.3 Å². The van der Waals surface area contributed by atoms with Crippen LogP contribution in [0.3, 0.4) is 0 Å². The number of guanidine groups is 1. The summed E-state index contributed by atoms with van der Waals surface area (Å²) in [5.41, 5.74) is 6.88. The molecule has 27 heavy (non-hydrogen) atoms. The zero-order valence-corrected chi connectivity index (χ0v) is 16.7. The minimum atomic E-state index is -1.11. The molecule has 1 amide bonds. The number of nitrogens with zero attached hydrogens (tertiary/aromatic N) is 2. The topological polar surface area (TPSA) is 58.7 Å². The number of rotatable bonds is 4. The molecule has 4 nitrogen and oxygen atoms in total. The van der Waals surface area contributed by atoms with E-state index in [0.717, 1.165) is 20.9 Å². The first-order chi connectivity index (χ1) is 13.1. The van der Waals surface area contributed by atoms with Gasteiger partial charge in [0.25, 0.3) is 5.91 Å². The van der Waals surface area contributed by atoms with E-state index >= 15 is 0 Å². The standard InChI is InChI=1S/C21H19N3OS2/c1-24-19(25)21(23-20(24)22,15-8-4-3-5-9-15)18-12-11-17(27-18)14-7-6-10-16(13-14)26-2/h3-13H,1-2H3,(H2,22,23). The third-order valence-corrected chi connectivity index (χ3v) is 6.72. The van der Waals surface area contributed by atoms with Crippen LogP contribution in [-0.4, -0.2) is 30.1 Å². The highest BCUT2D eigenvalue weighted by Crippen LogP contribution is 2.44. The molecule has 1 atom stereocenters. The van der Waals surface area contributed by atoms with Crippen LogP contribution in [-0.2, 0) is 10.3 Å². The predicted octanol–water partition coefficient (Wildman–Crippen LogP) is 4.17. The molecule has 0 fully saturated rings. The lowest BCUT2D eigenvalue weighted by Crippen LogP contribution is -2.40. The van der Waals surface area contributed by atoms with Crippen molar-refractivity contribution in [3.05, 3.63) is 77.2 Å². The van der Waals surface area contributed by atoms with Crippen LogP contribution >= 0.6 is 23.1 Å². The van der Waals surface area contributed by atoms with Crippen LogP contribution < -0.4 is 5.73 Å². The Morgan fingerprint density at radius 2 is 1.85 bits per heavy atom. The molecule has 2 N–H and O–H groups in total. The fourth-order valence-corrected chi connectivity index (χ4v) is 4.89. The van der Waals surface area contributed by atoms with Crippen molar-refractivity contribution in [3.8, 4) is 10.4 Å². The lowest BCUT2D eigenvalue weighted by molar-refractivity contribution is -0.129. The van der Waals surface area contributed by atoms with Crippen molar-refractivity contribution in [1.29, 1.82) is 0 Å². The number of benzene rings is 2. The maximum atomic E-state index is 13.2. The lowest BCUT2D eigenvalue weighted by atomic mass is 9.88. The number of carbonyl (C=O) groups excluding carboxylic acids is 1. The predicted molar refractivity (Wildman–Crippen MR) is 113 cm³/mol. The van der Waals surface area contributed by atoms with Crippen molar-refractivity contribution >= 4 is 35.0 Å². The summed E-state index contributed by atoms with van der Waals surface area (Å²) in [5.74, 6) is 0.112. The third kappa shape index (κ3) is 2.85. The first-order valence-corrected chi connectivity index (χ1v) is 10.5. The summed E-state index contributed by atoms with van der Waals surface area (Å²) in [6.45, 7) is 0. The molecule has 1 aliphatic heterocycles. The van der Waals surface area contributed by atoms with Gasteiger partial charge >= 0.3 is 0 Å². The van der Waals surface area contributed by atoms with Crippen LogP contribution in [0.15, 0.2) is 76.6 Å². The minimum Gasteiger partial charge on any atom is -0.369 e. The van der Waals surface area contributed by atoms with Gasteiger partial charge in [-0.25, -0.2) is 4.99 Å². The summed E-state index contributed by atoms with van der Waals surface area (Å²) in [6, 6.07) is 22.1. The monoisotopic (exact) mass is 393 g/mol. The molecule has 3 aromatic rings. The summed E-state index contributed by atoms with van der Waals surface area (Å²) in [5, 5.41) is 0. The number of likely N-dealkylation sites (N-methyl/N-ethyl adjacent to an activating group) is 1. The number of amides is 1. The Balaban J connectivity index is 1.86. The van der Waals surface area contributed by atoms with Gasteiger partial charge in [-0.1, -0.05) is 42.5 Å². The molecule has 4 rings (SSSR count). The van der Waals surface area contributed by atoms with Gasteiger partial charge in [0.05, 0.1) is 0 Å². The molecule has 1 aromatic heterocycles. The summed E-state index contributed by atoms with van der Waals surface area (Å²) < 4.78 is 0. The van der Waals surface area contributed by atoms with Crippen molar-refractivity contribution < 1.29 is 4.79 Å². The number of thioether (sulfide) groups is 1. The largest absolute Gasteiger partial charge is 0.369 e. The number of nitrogens with two attached hydrogens (primary N) is 1. The Morgan fingerprint density at radius 1 is 1.07 bits per heavy atom. The third-order valence-electron chi connectivity index (χ3n) is 4.75. The lowest BCUT2D eigenvalue weighted by Gasteiger charge is -2.24. The van der Waals surface area contributed by atoms with Gasteiger partial charge < -0.3 is 5.73 Å².